The molecule has 0 spiro atoms. The van der Waals surface area contributed by atoms with Crippen LogP contribution in [0.1, 0.15) is 11.3 Å². The van der Waals surface area contributed by atoms with Crippen molar-refractivity contribution in [2.24, 2.45) is 0 Å². The van der Waals surface area contributed by atoms with E-state index < -0.39 is 9.84 Å². The zero-order chi connectivity index (χ0) is 20.0. The molecule has 0 amide bonds. The van der Waals surface area contributed by atoms with Gasteiger partial charge in [0.05, 0.1) is 21.9 Å². The smallest absolute Gasteiger partial charge is 0.184 e. The molecule has 0 saturated heterocycles. The van der Waals surface area contributed by atoms with Gasteiger partial charge in [0.1, 0.15) is 0 Å². The van der Waals surface area contributed by atoms with E-state index in [9.17, 15) is 8.42 Å². The Balaban J connectivity index is 1.68. The van der Waals surface area contributed by atoms with Crippen molar-refractivity contribution in [2.75, 3.05) is 0 Å². The monoisotopic (exact) mass is 397 g/mol. The van der Waals surface area contributed by atoms with Crippen LogP contribution in [0.5, 0.6) is 0 Å². The summed E-state index contributed by atoms with van der Waals surface area (Å²) in [7, 11) is -3.54. The number of benzene rings is 4. The molecular formula is C25H19NO2S. The maximum absolute atomic E-state index is 13.3. The number of sulfone groups is 1. The quantitative estimate of drug-likeness (QED) is 0.360. The summed E-state index contributed by atoms with van der Waals surface area (Å²) in [5.41, 5.74) is 2.52. The lowest BCUT2D eigenvalue weighted by atomic mass is 10.0. The minimum Gasteiger partial charge on any atom is -0.251 e. The van der Waals surface area contributed by atoms with Crippen LogP contribution in [0.4, 0.5) is 0 Å². The van der Waals surface area contributed by atoms with Gasteiger partial charge in [0.25, 0.3) is 0 Å². The molecule has 0 aliphatic carbocycles. The van der Waals surface area contributed by atoms with E-state index in [1.807, 2.05) is 67.6 Å². The van der Waals surface area contributed by atoms with Gasteiger partial charge in [-0.3, -0.25) is 4.98 Å². The van der Waals surface area contributed by atoms with Gasteiger partial charge in [-0.05, 0) is 46.8 Å². The first kappa shape index (κ1) is 17.8. The van der Waals surface area contributed by atoms with Gasteiger partial charge in [-0.1, -0.05) is 66.7 Å². The largest absolute Gasteiger partial charge is 0.251 e. The van der Waals surface area contributed by atoms with Crippen molar-refractivity contribution in [1.82, 2.24) is 4.98 Å². The SMILES string of the molecule is Cc1ccc2c(c1)nc(CS(=O)(=O)c1ccc3ccccc3c1)c1ccccc12. The fourth-order valence-corrected chi connectivity index (χ4v) is 5.20. The van der Waals surface area contributed by atoms with E-state index in [1.54, 1.807) is 12.1 Å². The molecule has 0 atom stereocenters. The highest BCUT2D eigenvalue weighted by atomic mass is 32.2. The third-order valence-electron chi connectivity index (χ3n) is 5.34. The van der Waals surface area contributed by atoms with Gasteiger partial charge in [-0.25, -0.2) is 8.42 Å². The number of aryl methyl sites for hydroxylation is 1. The van der Waals surface area contributed by atoms with Crippen LogP contribution in [0.3, 0.4) is 0 Å². The highest BCUT2D eigenvalue weighted by Crippen LogP contribution is 2.29. The van der Waals surface area contributed by atoms with Gasteiger partial charge in [0.15, 0.2) is 9.84 Å². The third kappa shape index (κ3) is 3.15. The Kier molecular flexibility index (Phi) is 4.10. The predicted octanol–water partition coefficient (Wildman–Crippen LogP) is 5.82. The lowest BCUT2D eigenvalue weighted by Gasteiger charge is -2.11. The summed E-state index contributed by atoms with van der Waals surface area (Å²) in [4.78, 5) is 5.08. The number of nitrogens with zero attached hydrogens (tertiary/aromatic N) is 1. The number of aromatic nitrogens is 1. The zero-order valence-electron chi connectivity index (χ0n) is 16.0. The fraction of sp³-hybridized carbons (Fsp3) is 0.0800. The minimum absolute atomic E-state index is 0.129. The molecule has 5 rings (SSSR count). The molecule has 3 nitrogen and oxygen atoms in total. The fourth-order valence-electron chi connectivity index (χ4n) is 3.87. The number of hydrogen-bond donors (Lipinski definition) is 0. The van der Waals surface area contributed by atoms with Gasteiger partial charge in [0, 0.05) is 10.8 Å². The van der Waals surface area contributed by atoms with Gasteiger partial charge < -0.3 is 0 Å². The second-order valence-electron chi connectivity index (χ2n) is 7.39. The summed E-state index contributed by atoms with van der Waals surface area (Å²) in [6.45, 7) is 2.02. The molecule has 4 aromatic carbocycles. The molecule has 5 aromatic rings. The molecule has 1 aromatic heterocycles. The van der Waals surface area contributed by atoms with E-state index >= 15 is 0 Å². The average Bonchev–Trinajstić information content (AvgIpc) is 2.73. The van der Waals surface area contributed by atoms with Gasteiger partial charge in [-0.2, -0.15) is 0 Å². The number of fused-ring (bicyclic) bond motifs is 4. The molecule has 142 valence electrons. The average molecular weight is 397 g/mol. The standard InChI is InChI=1S/C25H19NO2S/c1-17-10-13-23-21-8-4-5-9-22(21)25(26-24(23)14-17)16-29(27,28)20-12-11-18-6-2-3-7-19(18)15-20/h2-15H,16H2,1H3. The summed E-state index contributed by atoms with van der Waals surface area (Å²) in [5.74, 6) is -0.129. The number of hydrogen-bond acceptors (Lipinski definition) is 3. The molecule has 0 radical (unpaired) electrons. The maximum Gasteiger partial charge on any atom is 0.184 e. The number of rotatable bonds is 3. The van der Waals surface area contributed by atoms with Crippen LogP contribution >= 0.6 is 0 Å². The van der Waals surface area contributed by atoms with Crippen molar-refractivity contribution < 1.29 is 8.42 Å². The highest BCUT2D eigenvalue weighted by molar-refractivity contribution is 7.90. The van der Waals surface area contributed by atoms with E-state index in [0.717, 1.165) is 38.0 Å². The molecular weight excluding hydrogens is 378 g/mol. The topological polar surface area (TPSA) is 47.0 Å². The van der Waals surface area contributed by atoms with Crippen LogP contribution < -0.4 is 0 Å². The Morgan fingerprint density at radius 3 is 2.28 bits per heavy atom. The molecule has 0 aliphatic heterocycles. The van der Waals surface area contributed by atoms with Crippen LogP contribution in [0, 0.1) is 6.92 Å². The summed E-state index contributed by atoms with van der Waals surface area (Å²) in [5, 5.41) is 4.89. The summed E-state index contributed by atoms with van der Waals surface area (Å²) >= 11 is 0. The second-order valence-corrected chi connectivity index (χ2v) is 9.38. The molecule has 29 heavy (non-hydrogen) atoms. The molecule has 0 fully saturated rings. The zero-order valence-corrected chi connectivity index (χ0v) is 16.8. The van der Waals surface area contributed by atoms with Crippen LogP contribution in [0.25, 0.3) is 32.4 Å². The van der Waals surface area contributed by atoms with E-state index in [2.05, 4.69) is 12.1 Å². The van der Waals surface area contributed by atoms with Gasteiger partial charge in [-0.15, -0.1) is 0 Å². The highest BCUT2D eigenvalue weighted by Gasteiger charge is 2.19. The molecule has 0 unspecified atom stereocenters. The van der Waals surface area contributed by atoms with Crippen molar-refractivity contribution in [2.45, 2.75) is 17.6 Å². The van der Waals surface area contributed by atoms with Crippen LogP contribution in [-0.2, 0) is 15.6 Å². The van der Waals surface area contributed by atoms with Crippen LogP contribution in [0.2, 0.25) is 0 Å². The maximum atomic E-state index is 13.3. The lowest BCUT2D eigenvalue weighted by molar-refractivity contribution is 0.595. The first-order chi connectivity index (χ1) is 14.0. The van der Waals surface area contributed by atoms with Crippen molar-refractivity contribution in [3.05, 3.63) is 96.2 Å². The molecule has 1 heterocycles. The summed E-state index contributed by atoms with van der Waals surface area (Å²) in [6, 6.07) is 27.1. The Morgan fingerprint density at radius 2 is 1.45 bits per heavy atom. The molecule has 0 bridgehead atoms. The van der Waals surface area contributed by atoms with E-state index in [1.165, 1.54) is 0 Å². The molecule has 0 N–H and O–H groups in total. The summed E-state index contributed by atoms with van der Waals surface area (Å²) < 4.78 is 26.5. The summed E-state index contributed by atoms with van der Waals surface area (Å²) in [6.07, 6.45) is 0. The van der Waals surface area contributed by atoms with Gasteiger partial charge in [0.2, 0.25) is 0 Å². The van der Waals surface area contributed by atoms with Crippen LogP contribution in [0.15, 0.2) is 89.8 Å². The Bertz CT molecular complexity index is 1500. The predicted molar refractivity (Wildman–Crippen MR) is 119 cm³/mol. The van der Waals surface area contributed by atoms with E-state index in [-0.39, 0.29) is 5.75 Å². The molecule has 4 heteroatoms. The van der Waals surface area contributed by atoms with E-state index in [4.69, 9.17) is 4.98 Å². The second kappa shape index (κ2) is 6.68. The Hall–Kier alpha value is -3.24. The first-order valence-electron chi connectivity index (χ1n) is 9.51. The number of pyridine rings is 1. The first-order valence-corrected chi connectivity index (χ1v) is 11.2. The normalized spacial score (nSPS) is 12.0. The molecule has 0 saturated carbocycles. The van der Waals surface area contributed by atoms with Crippen molar-refractivity contribution in [1.29, 1.82) is 0 Å². The third-order valence-corrected chi connectivity index (χ3v) is 6.97. The Morgan fingerprint density at radius 1 is 0.724 bits per heavy atom. The van der Waals surface area contributed by atoms with Crippen LogP contribution in [-0.4, -0.2) is 13.4 Å². The van der Waals surface area contributed by atoms with Crippen molar-refractivity contribution in [3.63, 3.8) is 0 Å². The van der Waals surface area contributed by atoms with Gasteiger partial charge >= 0.3 is 0 Å². The Labute approximate surface area is 169 Å². The molecule has 0 aliphatic rings. The minimum atomic E-state index is -3.54. The van der Waals surface area contributed by atoms with E-state index in [0.29, 0.717) is 10.6 Å². The lowest BCUT2D eigenvalue weighted by Crippen LogP contribution is -2.07. The van der Waals surface area contributed by atoms with Crippen molar-refractivity contribution in [3.8, 4) is 0 Å². The van der Waals surface area contributed by atoms with Crippen molar-refractivity contribution >= 4 is 42.3 Å².